The first-order chi connectivity index (χ1) is 11.6. The maximum atomic E-state index is 6.15. The molecular formula is C20H32BNO2Si. The van der Waals surface area contributed by atoms with Gasteiger partial charge in [0.15, 0.2) is 0 Å². The smallest absolute Gasteiger partial charge is 0.399 e. The lowest BCUT2D eigenvalue weighted by Gasteiger charge is -2.32. The average Bonchev–Trinajstić information content (AvgIpc) is 2.77. The molecule has 1 heterocycles. The van der Waals surface area contributed by atoms with Crippen molar-refractivity contribution in [3.05, 3.63) is 23.8 Å². The third-order valence-corrected chi connectivity index (χ3v) is 10.7. The molecule has 0 aliphatic carbocycles. The molecule has 1 aromatic rings. The van der Waals surface area contributed by atoms with E-state index in [2.05, 4.69) is 66.0 Å². The lowest BCUT2D eigenvalue weighted by Crippen LogP contribution is -2.41. The molecule has 0 saturated carbocycles. The van der Waals surface area contributed by atoms with Gasteiger partial charge in [-0.1, -0.05) is 26.7 Å². The summed E-state index contributed by atoms with van der Waals surface area (Å²) in [6, 6.07) is 9.52. The highest BCUT2D eigenvalue weighted by Gasteiger charge is 2.51. The van der Waals surface area contributed by atoms with Crippen LogP contribution in [-0.4, -0.2) is 26.4 Å². The normalized spacial score (nSPS) is 18.8. The molecule has 136 valence electrons. The van der Waals surface area contributed by atoms with Gasteiger partial charge >= 0.3 is 7.12 Å². The van der Waals surface area contributed by atoms with Gasteiger partial charge in [-0.05, 0) is 69.5 Å². The fraction of sp³-hybridized carbons (Fsp3) is 0.600. The van der Waals surface area contributed by atoms with Crippen LogP contribution < -0.4 is 11.2 Å². The summed E-state index contributed by atoms with van der Waals surface area (Å²) < 4.78 is 12.3. The Balaban J connectivity index is 2.34. The monoisotopic (exact) mass is 357 g/mol. The zero-order valence-corrected chi connectivity index (χ0v) is 17.8. The van der Waals surface area contributed by atoms with Gasteiger partial charge in [0.2, 0.25) is 0 Å². The second-order valence-electron chi connectivity index (χ2n) is 8.07. The van der Waals surface area contributed by atoms with Gasteiger partial charge in [0.1, 0.15) is 8.07 Å². The first-order valence-electron chi connectivity index (χ1n) is 9.37. The molecule has 2 rings (SSSR count). The Kier molecular flexibility index (Phi) is 5.78. The number of nitrogen functional groups attached to an aromatic ring is 1. The van der Waals surface area contributed by atoms with Crippen LogP contribution in [-0.2, 0) is 9.31 Å². The SMILES string of the molecule is CC[Si](C#Cc1cc(N)cc(B2OC(C)(C)C(C)(C)O2)c1)(CC)CC. The molecule has 0 radical (unpaired) electrons. The van der Waals surface area contributed by atoms with Crippen LogP contribution >= 0.6 is 0 Å². The number of nitrogens with two attached hydrogens (primary N) is 1. The fourth-order valence-corrected chi connectivity index (χ4v) is 5.52. The van der Waals surface area contributed by atoms with Crippen molar-refractivity contribution in [2.24, 2.45) is 0 Å². The summed E-state index contributed by atoms with van der Waals surface area (Å²) in [5, 5.41) is 0. The maximum absolute atomic E-state index is 6.15. The highest BCUT2D eigenvalue weighted by molar-refractivity contribution is 6.87. The molecule has 1 aromatic carbocycles. The van der Waals surface area contributed by atoms with Gasteiger partial charge in [-0.15, -0.1) is 5.54 Å². The van der Waals surface area contributed by atoms with E-state index in [1.807, 2.05) is 12.1 Å². The summed E-state index contributed by atoms with van der Waals surface area (Å²) in [4.78, 5) is 0. The zero-order valence-electron chi connectivity index (χ0n) is 16.8. The van der Waals surface area contributed by atoms with Gasteiger partial charge in [-0.3, -0.25) is 0 Å². The van der Waals surface area contributed by atoms with Crippen molar-refractivity contribution >= 4 is 26.3 Å². The Morgan fingerprint density at radius 1 is 0.960 bits per heavy atom. The number of rotatable bonds is 4. The van der Waals surface area contributed by atoms with E-state index in [-0.39, 0.29) is 11.2 Å². The average molecular weight is 357 g/mol. The van der Waals surface area contributed by atoms with Gasteiger partial charge in [-0.2, -0.15) is 0 Å². The summed E-state index contributed by atoms with van der Waals surface area (Å²) in [6.07, 6.45) is 0. The molecular weight excluding hydrogens is 325 g/mol. The summed E-state index contributed by atoms with van der Waals surface area (Å²) in [5.41, 5.74) is 11.6. The molecule has 3 nitrogen and oxygen atoms in total. The van der Waals surface area contributed by atoms with Gasteiger partial charge in [0, 0.05) is 11.3 Å². The van der Waals surface area contributed by atoms with Crippen molar-refractivity contribution in [1.82, 2.24) is 0 Å². The summed E-state index contributed by atoms with van der Waals surface area (Å²) in [7, 11) is -1.88. The number of benzene rings is 1. The molecule has 5 heteroatoms. The molecule has 1 aliphatic rings. The van der Waals surface area contributed by atoms with Gasteiger partial charge in [0.05, 0.1) is 11.2 Å². The van der Waals surface area contributed by atoms with Crippen molar-refractivity contribution in [3.63, 3.8) is 0 Å². The molecule has 0 amide bonds. The largest absolute Gasteiger partial charge is 0.494 e. The Morgan fingerprint density at radius 2 is 1.48 bits per heavy atom. The predicted octanol–water partition coefficient (Wildman–Crippen LogP) is 3.97. The van der Waals surface area contributed by atoms with E-state index >= 15 is 0 Å². The number of hydrogen-bond donors (Lipinski definition) is 1. The third kappa shape index (κ3) is 4.13. The predicted molar refractivity (Wildman–Crippen MR) is 111 cm³/mol. The van der Waals surface area contributed by atoms with Gasteiger partial charge in [0.25, 0.3) is 0 Å². The lowest BCUT2D eigenvalue weighted by molar-refractivity contribution is 0.00578. The number of hydrogen-bond acceptors (Lipinski definition) is 3. The molecule has 1 aliphatic heterocycles. The van der Waals surface area contributed by atoms with E-state index in [9.17, 15) is 0 Å². The van der Waals surface area contributed by atoms with Crippen LogP contribution in [0.1, 0.15) is 54.0 Å². The molecule has 25 heavy (non-hydrogen) atoms. The van der Waals surface area contributed by atoms with Crippen molar-refractivity contribution in [2.75, 3.05) is 5.73 Å². The van der Waals surface area contributed by atoms with Crippen LogP contribution in [0.2, 0.25) is 18.1 Å². The minimum atomic E-state index is -1.48. The van der Waals surface area contributed by atoms with E-state index in [0.29, 0.717) is 5.69 Å². The Morgan fingerprint density at radius 3 is 1.96 bits per heavy atom. The quantitative estimate of drug-likeness (QED) is 0.504. The van der Waals surface area contributed by atoms with Gasteiger partial charge < -0.3 is 15.0 Å². The Labute approximate surface area is 154 Å². The highest BCUT2D eigenvalue weighted by Crippen LogP contribution is 2.36. The summed E-state index contributed by atoms with van der Waals surface area (Å²) in [5.74, 6) is 3.41. The summed E-state index contributed by atoms with van der Waals surface area (Å²) in [6.45, 7) is 15.0. The molecule has 1 fully saturated rings. The van der Waals surface area contributed by atoms with Crippen molar-refractivity contribution in [2.45, 2.75) is 77.8 Å². The van der Waals surface area contributed by atoms with Crippen molar-refractivity contribution in [1.29, 1.82) is 0 Å². The molecule has 0 bridgehead atoms. The second kappa shape index (κ2) is 7.19. The second-order valence-corrected chi connectivity index (χ2v) is 13.0. The minimum absolute atomic E-state index is 0.358. The zero-order chi connectivity index (χ0) is 18.9. The molecule has 0 aromatic heterocycles. The van der Waals surface area contributed by atoms with Crippen LogP contribution in [0.4, 0.5) is 5.69 Å². The Bertz CT molecular complexity index is 662. The van der Waals surface area contributed by atoms with Gasteiger partial charge in [-0.25, -0.2) is 0 Å². The standard InChI is InChI=1S/C20H32BNO2Si/c1-8-25(9-2,10-3)12-11-16-13-17(15-18(22)14-16)21-23-19(4,5)20(6,7)24-21/h13-15H,8-10,22H2,1-7H3. The molecule has 0 unspecified atom stereocenters. The van der Waals surface area contributed by atoms with E-state index < -0.39 is 15.2 Å². The van der Waals surface area contributed by atoms with E-state index in [0.717, 1.165) is 11.0 Å². The van der Waals surface area contributed by atoms with Crippen LogP contribution in [0.15, 0.2) is 18.2 Å². The fourth-order valence-electron chi connectivity index (χ4n) is 3.08. The molecule has 1 saturated heterocycles. The molecule has 0 atom stereocenters. The first kappa shape index (κ1) is 20.1. The van der Waals surface area contributed by atoms with E-state index in [4.69, 9.17) is 15.0 Å². The maximum Gasteiger partial charge on any atom is 0.494 e. The van der Waals surface area contributed by atoms with Crippen molar-refractivity contribution in [3.8, 4) is 11.5 Å². The van der Waals surface area contributed by atoms with Crippen LogP contribution in [0.5, 0.6) is 0 Å². The topological polar surface area (TPSA) is 44.5 Å². The lowest BCUT2D eigenvalue weighted by atomic mass is 9.78. The van der Waals surface area contributed by atoms with E-state index in [1.54, 1.807) is 0 Å². The number of anilines is 1. The van der Waals surface area contributed by atoms with Crippen LogP contribution in [0.3, 0.4) is 0 Å². The highest BCUT2D eigenvalue weighted by atomic mass is 28.3. The Hall–Kier alpha value is -1.22. The summed E-state index contributed by atoms with van der Waals surface area (Å²) >= 11 is 0. The minimum Gasteiger partial charge on any atom is -0.399 e. The van der Waals surface area contributed by atoms with E-state index in [1.165, 1.54) is 18.1 Å². The van der Waals surface area contributed by atoms with Crippen LogP contribution in [0.25, 0.3) is 0 Å². The molecule has 2 N–H and O–H groups in total. The third-order valence-electron chi connectivity index (χ3n) is 6.01. The van der Waals surface area contributed by atoms with Crippen molar-refractivity contribution < 1.29 is 9.31 Å². The van der Waals surface area contributed by atoms with Crippen LogP contribution in [0, 0.1) is 11.5 Å². The molecule has 0 spiro atoms. The first-order valence-corrected chi connectivity index (χ1v) is 12.0.